The lowest BCUT2D eigenvalue weighted by Crippen LogP contribution is -2.38. The number of amides is 1. The average Bonchev–Trinajstić information content (AvgIpc) is 2.98. The summed E-state index contributed by atoms with van der Waals surface area (Å²) < 4.78 is 2.09. The van der Waals surface area contributed by atoms with Crippen LogP contribution in [0.1, 0.15) is 55.5 Å². The van der Waals surface area contributed by atoms with Crippen LogP contribution in [0.4, 0.5) is 0 Å². The van der Waals surface area contributed by atoms with Gasteiger partial charge in [0.25, 0.3) is 0 Å². The Morgan fingerprint density at radius 1 is 1.28 bits per heavy atom. The molecule has 0 saturated heterocycles. The van der Waals surface area contributed by atoms with Gasteiger partial charge in [0, 0.05) is 25.5 Å². The molecule has 1 aliphatic rings. The molecular formula is C20H27N3O2. The lowest BCUT2D eigenvalue weighted by atomic mass is 9.82. The molecule has 1 fully saturated rings. The van der Waals surface area contributed by atoms with Crippen LogP contribution < -0.4 is 5.32 Å². The smallest absolute Gasteiger partial charge is 0.223 e. The number of benzene rings is 1. The van der Waals surface area contributed by atoms with Crippen molar-refractivity contribution in [2.24, 2.45) is 0 Å². The molecule has 0 atom stereocenters. The van der Waals surface area contributed by atoms with Crippen LogP contribution in [-0.4, -0.2) is 26.2 Å². The maximum atomic E-state index is 12.2. The van der Waals surface area contributed by atoms with Crippen LogP contribution in [0.2, 0.25) is 0 Å². The predicted octanol–water partition coefficient (Wildman–Crippen LogP) is 2.94. The standard InChI is InChI=1S/C20H27N3O2/c1-16-21-10-11-23(16)15-18-7-5-6-17(12-18)14-22-19(24)13-20(25)8-3-2-4-9-20/h5-7,10-12,25H,2-4,8-9,13-15H2,1H3,(H,22,24). The Morgan fingerprint density at radius 3 is 2.76 bits per heavy atom. The van der Waals surface area contributed by atoms with E-state index in [1.54, 1.807) is 6.20 Å². The van der Waals surface area contributed by atoms with Crippen molar-refractivity contribution >= 4 is 5.91 Å². The van der Waals surface area contributed by atoms with Gasteiger partial charge >= 0.3 is 0 Å². The van der Waals surface area contributed by atoms with Gasteiger partial charge in [-0.3, -0.25) is 4.79 Å². The third kappa shape index (κ3) is 4.92. The number of nitrogens with zero attached hydrogens (tertiary/aromatic N) is 2. The zero-order chi connectivity index (χ0) is 17.7. The quantitative estimate of drug-likeness (QED) is 0.849. The SMILES string of the molecule is Cc1nccn1Cc1cccc(CNC(=O)CC2(O)CCCCC2)c1. The highest BCUT2D eigenvalue weighted by Crippen LogP contribution is 2.30. The molecule has 2 N–H and O–H groups in total. The molecule has 1 aromatic heterocycles. The fraction of sp³-hybridized carbons (Fsp3) is 0.500. The molecule has 1 heterocycles. The maximum absolute atomic E-state index is 12.2. The number of carbonyl (C=O) groups is 1. The van der Waals surface area contributed by atoms with E-state index in [0.29, 0.717) is 6.54 Å². The number of aromatic nitrogens is 2. The number of aliphatic hydroxyl groups is 1. The fourth-order valence-corrected chi connectivity index (χ4v) is 3.55. The summed E-state index contributed by atoms with van der Waals surface area (Å²) >= 11 is 0. The molecular weight excluding hydrogens is 314 g/mol. The van der Waals surface area contributed by atoms with Gasteiger partial charge in [-0.05, 0) is 30.9 Å². The molecule has 5 heteroatoms. The summed E-state index contributed by atoms with van der Waals surface area (Å²) in [6.07, 6.45) is 8.64. The Morgan fingerprint density at radius 2 is 2.04 bits per heavy atom. The van der Waals surface area contributed by atoms with Crippen LogP contribution >= 0.6 is 0 Å². The molecule has 1 saturated carbocycles. The van der Waals surface area contributed by atoms with Crippen molar-refractivity contribution in [1.82, 2.24) is 14.9 Å². The Balaban J connectivity index is 1.53. The van der Waals surface area contributed by atoms with Gasteiger partial charge in [0.05, 0.1) is 12.0 Å². The molecule has 25 heavy (non-hydrogen) atoms. The highest BCUT2D eigenvalue weighted by molar-refractivity contribution is 5.77. The predicted molar refractivity (Wildman–Crippen MR) is 97.0 cm³/mol. The van der Waals surface area contributed by atoms with E-state index in [2.05, 4.69) is 27.0 Å². The first-order valence-corrected chi connectivity index (χ1v) is 9.09. The van der Waals surface area contributed by atoms with Gasteiger partial charge in [0.2, 0.25) is 5.91 Å². The monoisotopic (exact) mass is 341 g/mol. The third-order valence-corrected chi connectivity index (χ3v) is 5.03. The van der Waals surface area contributed by atoms with Crippen LogP contribution in [0.3, 0.4) is 0 Å². The average molecular weight is 341 g/mol. The van der Waals surface area contributed by atoms with Gasteiger partial charge in [0.1, 0.15) is 5.82 Å². The normalized spacial score (nSPS) is 16.6. The fourth-order valence-electron chi connectivity index (χ4n) is 3.55. The zero-order valence-corrected chi connectivity index (χ0v) is 14.9. The van der Waals surface area contributed by atoms with Gasteiger partial charge in [-0.15, -0.1) is 0 Å². The van der Waals surface area contributed by atoms with Gasteiger partial charge in [-0.2, -0.15) is 0 Å². The van der Waals surface area contributed by atoms with E-state index in [4.69, 9.17) is 0 Å². The Labute approximate surface area is 149 Å². The largest absolute Gasteiger partial charge is 0.389 e. The van der Waals surface area contributed by atoms with Crippen LogP contribution in [0.15, 0.2) is 36.7 Å². The Bertz CT molecular complexity index is 717. The van der Waals surface area contributed by atoms with E-state index >= 15 is 0 Å². The summed E-state index contributed by atoms with van der Waals surface area (Å²) in [5.74, 6) is 0.916. The second-order valence-electron chi connectivity index (χ2n) is 7.16. The van der Waals surface area contributed by atoms with Crippen molar-refractivity contribution < 1.29 is 9.90 Å². The van der Waals surface area contributed by atoms with Crippen molar-refractivity contribution in [1.29, 1.82) is 0 Å². The van der Waals surface area contributed by atoms with Crippen LogP contribution in [0.25, 0.3) is 0 Å². The highest BCUT2D eigenvalue weighted by Gasteiger charge is 2.31. The summed E-state index contributed by atoms with van der Waals surface area (Å²) in [6, 6.07) is 8.21. The van der Waals surface area contributed by atoms with E-state index < -0.39 is 5.60 Å². The molecule has 0 radical (unpaired) electrons. The minimum Gasteiger partial charge on any atom is -0.389 e. The topological polar surface area (TPSA) is 67.2 Å². The highest BCUT2D eigenvalue weighted by atomic mass is 16.3. The molecule has 0 spiro atoms. The van der Waals surface area contributed by atoms with Crippen LogP contribution in [0, 0.1) is 6.92 Å². The molecule has 5 nitrogen and oxygen atoms in total. The van der Waals surface area contributed by atoms with E-state index in [-0.39, 0.29) is 12.3 Å². The number of rotatable bonds is 6. The van der Waals surface area contributed by atoms with Crippen molar-refractivity contribution in [3.05, 3.63) is 53.6 Å². The first-order valence-electron chi connectivity index (χ1n) is 9.09. The molecule has 1 aromatic carbocycles. The molecule has 0 aliphatic heterocycles. The zero-order valence-electron chi connectivity index (χ0n) is 14.9. The minimum absolute atomic E-state index is 0.0692. The van der Waals surface area contributed by atoms with Crippen molar-refractivity contribution in [3.63, 3.8) is 0 Å². The van der Waals surface area contributed by atoms with Crippen LogP contribution in [-0.2, 0) is 17.9 Å². The van der Waals surface area contributed by atoms with Crippen molar-refractivity contribution in [3.8, 4) is 0 Å². The molecule has 134 valence electrons. The summed E-state index contributed by atoms with van der Waals surface area (Å²) in [6.45, 7) is 3.25. The van der Waals surface area contributed by atoms with Gasteiger partial charge in [-0.1, -0.05) is 43.5 Å². The van der Waals surface area contributed by atoms with E-state index in [1.165, 1.54) is 5.56 Å². The van der Waals surface area contributed by atoms with Crippen molar-refractivity contribution in [2.45, 2.75) is 64.1 Å². The first-order chi connectivity index (χ1) is 12.0. The van der Waals surface area contributed by atoms with Crippen LogP contribution in [0.5, 0.6) is 0 Å². The Hall–Kier alpha value is -2.14. The molecule has 1 aliphatic carbocycles. The van der Waals surface area contributed by atoms with Gasteiger partial charge < -0.3 is 15.0 Å². The molecule has 3 rings (SSSR count). The van der Waals surface area contributed by atoms with Gasteiger partial charge in [-0.25, -0.2) is 4.98 Å². The number of imidazole rings is 1. The summed E-state index contributed by atoms with van der Waals surface area (Å²) in [5, 5.41) is 13.4. The Kier molecular flexibility index (Phi) is 5.53. The second-order valence-corrected chi connectivity index (χ2v) is 7.16. The number of carbonyl (C=O) groups excluding carboxylic acids is 1. The molecule has 1 amide bonds. The summed E-state index contributed by atoms with van der Waals surface area (Å²) in [4.78, 5) is 16.4. The lowest BCUT2D eigenvalue weighted by molar-refractivity contribution is -0.127. The number of hydrogen-bond donors (Lipinski definition) is 2. The van der Waals surface area contributed by atoms with E-state index in [1.807, 2.05) is 25.3 Å². The second kappa shape index (κ2) is 7.83. The number of hydrogen-bond acceptors (Lipinski definition) is 3. The minimum atomic E-state index is -0.802. The van der Waals surface area contributed by atoms with E-state index in [9.17, 15) is 9.90 Å². The maximum Gasteiger partial charge on any atom is 0.223 e. The first kappa shape index (κ1) is 17.7. The van der Waals surface area contributed by atoms with Crippen molar-refractivity contribution in [2.75, 3.05) is 0 Å². The van der Waals surface area contributed by atoms with Gasteiger partial charge in [0.15, 0.2) is 0 Å². The summed E-state index contributed by atoms with van der Waals surface area (Å²) in [5.41, 5.74) is 1.45. The number of aryl methyl sites for hydroxylation is 1. The van der Waals surface area contributed by atoms with E-state index in [0.717, 1.165) is 50.0 Å². The summed E-state index contributed by atoms with van der Waals surface area (Å²) in [7, 11) is 0. The lowest BCUT2D eigenvalue weighted by Gasteiger charge is -2.31. The third-order valence-electron chi connectivity index (χ3n) is 5.03. The number of nitrogens with one attached hydrogen (secondary N) is 1. The molecule has 0 bridgehead atoms. The molecule has 2 aromatic rings. The molecule has 0 unspecified atom stereocenters.